The van der Waals surface area contributed by atoms with Gasteiger partial charge in [-0.25, -0.2) is 0 Å². The van der Waals surface area contributed by atoms with E-state index in [-0.39, 0.29) is 0 Å². The summed E-state index contributed by atoms with van der Waals surface area (Å²) in [5.74, 6) is 0. The van der Waals surface area contributed by atoms with Gasteiger partial charge in [0.25, 0.3) is 0 Å². The van der Waals surface area contributed by atoms with E-state index < -0.39 is 0 Å². The highest BCUT2D eigenvalue weighted by atomic mass is 13.7. The molecule has 0 spiro atoms. The molecule has 0 saturated heterocycles. The fraction of sp³-hybridized carbons (Fsp3) is 1.00. The van der Waals surface area contributed by atoms with Gasteiger partial charge in [-0.1, -0.05) is 40.5 Å². The molecule has 0 heteroatoms. The largest absolute Gasteiger partial charge is 0.0776 e. The third kappa shape index (κ3) is 9.00. The number of unbranched alkanes of at least 4 members (excludes halogenated alkanes) is 2. The first kappa shape index (κ1) is 6.00. The van der Waals surface area contributed by atoms with Crippen molar-refractivity contribution in [3.63, 3.8) is 0 Å². The van der Waals surface area contributed by atoms with Crippen LogP contribution in [0.3, 0.4) is 0 Å². The summed E-state index contributed by atoms with van der Waals surface area (Å²) in [6.45, 7) is 4.42. The Bertz CT molecular complexity index is 11.7. The minimum absolute atomic E-state index is 1.25. The molecule has 0 heterocycles. The van der Waals surface area contributed by atoms with E-state index in [2.05, 4.69) is 13.8 Å². The third-order valence-corrected chi connectivity index (χ3v) is 0.707. The summed E-state index contributed by atoms with van der Waals surface area (Å²) in [6.07, 6.45) is 4.08. The molecular formula is C6H16. The van der Waals surface area contributed by atoms with Gasteiger partial charge in [0.1, 0.15) is 0 Å². The molecule has 0 aliphatic carbocycles. The SMILES string of the molecule is CCCCC.[2H]C. The van der Waals surface area contributed by atoms with Crippen molar-refractivity contribution in [2.24, 2.45) is 0 Å². The highest BCUT2D eigenvalue weighted by Gasteiger charge is 1.68. The maximum Gasteiger partial charge on any atom is 0.0194 e. The average Bonchev–Trinajstić information content (AvgIpc) is 1.75. The molecule has 0 fully saturated rings. The van der Waals surface area contributed by atoms with E-state index in [1.54, 1.807) is 0 Å². The number of hydrogen-bond acceptors (Lipinski definition) is 0. The van der Waals surface area contributed by atoms with E-state index in [0.717, 1.165) is 0 Å². The first-order chi connectivity index (χ1) is 3.41. The maximum atomic E-state index is 5.75. The summed E-state index contributed by atoms with van der Waals surface area (Å²) < 4.78 is 5.75. The lowest BCUT2D eigenvalue weighted by atomic mass is 10.3. The standard InChI is InChI=1S/C5H12.CH4/c1-3-5-4-2;/h3-5H2,1-2H3;1H4/i;1D. The lowest BCUT2D eigenvalue weighted by molar-refractivity contribution is 0.772. The van der Waals surface area contributed by atoms with E-state index in [1.807, 2.05) is 0 Å². The molecule has 0 aromatic rings. The van der Waals surface area contributed by atoms with Crippen LogP contribution in [-0.4, -0.2) is 0 Å². The van der Waals surface area contributed by atoms with Crippen LogP contribution in [0.1, 0.15) is 41.9 Å². The van der Waals surface area contributed by atoms with Crippen LogP contribution < -0.4 is 0 Å². The van der Waals surface area contributed by atoms with Gasteiger partial charge in [-0.3, -0.25) is 0 Å². The second-order valence-corrected chi connectivity index (χ2v) is 1.35. The van der Waals surface area contributed by atoms with Crippen molar-refractivity contribution >= 4 is 0 Å². The first-order valence-corrected chi connectivity index (χ1v) is 2.41. The van der Waals surface area contributed by atoms with Crippen molar-refractivity contribution in [3.05, 3.63) is 0 Å². The Morgan fingerprint density at radius 3 is 1.67 bits per heavy atom. The second-order valence-electron chi connectivity index (χ2n) is 1.35. The zero-order chi connectivity index (χ0) is 6.12. The highest BCUT2D eigenvalue weighted by molar-refractivity contribution is 4.24. The van der Waals surface area contributed by atoms with Crippen molar-refractivity contribution in [1.29, 1.82) is 0 Å². The summed E-state index contributed by atoms with van der Waals surface area (Å²) in [5.41, 5.74) is 0. The monoisotopic (exact) mass is 89.1 g/mol. The van der Waals surface area contributed by atoms with Crippen LogP contribution in [0.4, 0.5) is 0 Å². The van der Waals surface area contributed by atoms with Gasteiger partial charge in [-0.05, 0) is 0 Å². The molecule has 0 aromatic carbocycles. The average molecular weight is 89.2 g/mol. The Hall–Kier alpha value is 0. The Kier molecular flexibility index (Phi) is 8.89. The predicted molar refractivity (Wildman–Crippen MR) is 31.9 cm³/mol. The topological polar surface area (TPSA) is 0 Å². The van der Waals surface area contributed by atoms with Gasteiger partial charge in [0.2, 0.25) is 0 Å². The number of hydrogen-bond donors (Lipinski definition) is 0. The lowest BCUT2D eigenvalue weighted by Crippen LogP contribution is -1.59. The molecule has 6 heavy (non-hydrogen) atoms. The highest BCUT2D eigenvalue weighted by Crippen LogP contribution is 1.88. The molecule has 0 N–H and O–H groups in total. The van der Waals surface area contributed by atoms with Crippen LogP contribution in [0, 0.1) is 0 Å². The van der Waals surface area contributed by atoms with Crippen molar-refractivity contribution in [1.82, 2.24) is 0 Å². The minimum Gasteiger partial charge on any atom is -0.0776 e. The Labute approximate surface area is 43.0 Å². The predicted octanol–water partition coefficient (Wildman–Crippen LogP) is 2.83. The lowest BCUT2D eigenvalue weighted by Gasteiger charge is -1.79. The fourth-order valence-corrected chi connectivity index (χ4v) is 0.354. The zero-order valence-electron chi connectivity index (χ0n) is 6.12. The van der Waals surface area contributed by atoms with Gasteiger partial charge in [-0.2, -0.15) is 0 Å². The third-order valence-electron chi connectivity index (χ3n) is 0.707. The van der Waals surface area contributed by atoms with Gasteiger partial charge in [0.05, 0.1) is 0 Å². The van der Waals surface area contributed by atoms with Gasteiger partial charge in [0, 0.05) is 1.37 Å². The van der Waals surface area contributed by atoms with Crippen molar-refractivity contribution < 1.29 is 1.37 Å². The summed E-state index contributed by atoms with van der Waals surface area (Å²) in [5, 5.41) is 0. The summed E-state index contributed by atoms with van der Waals surface area (Å²) in [4.78, 5) is 0. The van der Waals surface area contributed by atoms with Crippen LogP contribution in [0.5, 0.6) is 0 Å². The first-order valence-electron chi connectivity index (χ1n) is 3.41. The van der Waals surface area contributed by atoms with Gasteiger partial charge in [-0.15, -0.1) is 0 Å². The molecule has 0 nitrogen and oxygen atoms in total. The van der Waals surface area contributed by atoms with E-state index in [9.17, 15) is 0 Å². The molecule has 0 unspecified atom stereocenters. The smallest absolute Gasteiger partial charge is 0.0194 e. The van der Waals surface area contributed by atoms with Crippen LogP contribution in [0.2, 0.25) is 0 Å². The van der Waals surface area contributed by atoms with E-state index in [0.29, 0.717) is 0 Å². The molecule has 0 aliphatic heterocycles. The Morgan fingerprint density at radius 1 is 1.33 bits per heavy atom. The molecule has 0 aromatic heterocycles. The second kappa shape index (κ2) is 8.89. The summed E-state index contributed by atoms with van der Waals surface area (Å²) >= 11 is 0. The fourth-order valence-electron chi connectivity index (χ4n) is 0.354. The Balaban J connectivity index is 0. The van der Waals surface area contributed by atoms with E-state index in [1.165, 1.54) is 26.7 Å². The van der Waals surface area contributed by atoms with Crippen molar-refractivity contribution in [2.45, 2.75) is 40.5 Å². The van der Waals surface area contributed by atoms with Gasteiger partial charge < -0.3 is 0 Å². The van der Waals surface area contributed by atoms with Gasteiger partial charge in [0.15, 0.2) is 0 Å². The summed E-state index contributed by atoms with van der Waals surface area (Å²) in [6, 6.07) is 0. The molecule has 0 amide bonds. The summed E-state index contributed by atoms with van der Waals surface area (Å²) in [7, 11) is 1.25. The molecule has 40 valence electrons. The molecule has 0 saturated carbocycles. The maximum absolute atomic E-state index is 5.75. The van der Waals surface area contributed by atoms with Crippen LogP contribution in [-0.2, 0) is 0 Å². The molecule has 0 atom stereocenters. The van der Waals surface area contributed by atoms with Gasteiger partial charge >= 0.3 is 0 Å². The zero-order valence-corrected chi connectivity index (χ0v) is 5.12. The molecule has 0 aliphatic rings. The Morgan fingerprint density at radius 2 is 1.67 bits per heavy atom. The molecule has 0 rings (SSSR count). The van der Waals surface area contributed by atoms with Crippen molar-refractivity contribution in [2.75, 3.05) is 0 Å². The quantitative estimate of drug-likeness (QED) is 0.488. The van der Waals surface area contributed by atoms with E-state index in [4.69, 9.17) is 1.37 Å². The van der Waals surface area contributed by atoms with Crippen LogP contribution in [0.15, 0.2) is 0 Å². The minimum atomic E-state index is 1.25. The molecule has 0 bridgehead atoms. The molecular weight excluding hydrogens is 72.1 g/mol. The van der Waals surface area contributed by atoms with Crippen LogP contribution in [0.25, 0.3) is 0 Å². The van der Waals surface area contributed by atoms with E-state index >= 15 is 0 Å². The molecule has 0 radical (unpaired) electrons. The van der Waals surface area contributed by atoms with Crippen molar-refractivity contribution in [3.8, 4) is 0 Å². The number of rotatable bonds is 2. The normalized spacial score (nSPS) is 8.17. The van der Waals surface area contributed by atoms with Crippen LogP contribution >= 0.6 is 0 Å².